The zero-order valence-corrected chi connectivity index (χ0v) is 21.4. The molecular weight excluding hydrogens is 472 g/mol. The molecule has 0 aromatic heterocycles. The van der Waals surface area contributed by atoms with E-state index in [0.29, 0.717) is 29.4 Å². The normalized spacial score (nSPS) is 17.4. The van der Waals surface area contributed by atoms with Crippen LogP contribution in [0.25, 0.3) is 0 Å². The van der Waals surface area contributed by atoms with Crippen molar-refractivity contribution in [1.29, 1.82) is 0 Å². The molecule has 0 radical (unpaired) electrons. The van der Waals surface area contributed by atoms with Crippen LogP contribution in [0.3, 0.4) is 0 Å². The summed E-state index contributed by atoms with van der Waals surface area (Å²) in [4.78, 5) is 20.0. The lowest BCUT2D eigenvalue weighted by atomic mass is 9.87. The van der Waals surface area contributed by atoms with Gasteiger partial charge in [0, 0.05) is 34.6 Å². The molecule has 186 valence electrons. The number of nitrogens with zero attached hydrogens (tertiary/aromatic N) is 2. The summed E-state index contributed by atoms with van der Waals surface area (Å²) in [6.07, 6.45) is 3.93. The fourth-order valence-electron chi connectivity index (χ4n) is 4.92. The number of Topliss-reactive ketones (excluding diaryl/α,β-unsaturated/α-hetero) is 1. The Morgan fingerprint density at radius 2 is 1.81 bits per heavy atom. The van der Waals surface area contributed by atoms with E-state index in [1.54, 1.807) is 7.11 Å². The third-order valence-electron chi connectivity index (χ3n) is 6.97. The largest absolute Gasteiger partial charge is 0.497 e. The van der Waals surface area contributed by atoms with Gasteiger partial charge in [0.1, 0.15) is 11.5 Å². The van der Waals surface area contributed by atoms with E-state index >= 15 is 0 Å². The molecule has 1 heterocycles. The number of carbonyl (C=O) groups is 1. The lowest BCUT2D eigenvalue weighted by molar-refractivity contribution is -0.0258. The number of methoxy groups -OCH3 is 1. The molecule has 0 N–H and O–H groups in total. The quantitative estimate of drug-likeness (QED) is 0.428. The fourth-order valence-corrected chi connectivity index (χ4v) is 6.11. The van der Waals surface area contributed by atoms with E-state index in [9.17, 15) is 9.00 Å². The molecule has 36 heavy (non-hydrogen) atoms. The lowest BCUT2D eigenvalue weighted by Crippen LogP contribution is -2.47. The molecular formula is C29H30N2O4S. The van der Waals surface area contributed by atoms with Crippen molar-refractivity contribution in [3.63, 3.8) is 0 Å². The Bertz CT molecular complexity index is 1310. The van der Waals surface area contributed by atoms with Crippen LogP contribution in [0.2, 0.25) is 0 Å². The van der Waals surface area contributed by atoms with E-state index in [-0.39, 0.29) is 11.5 Å². The lowest BCUT2D eigenvalue weighted by Gasteiger charge is -2.39. The number of carbonyl (C=O) groups excluding carboxylic acids is 1. The topological polar surface area (TPSA) is 68.2 Å². The molecule has 0 amide bonds. The van der Waals surface area contributed by atoms with Crippen molar-refractivity contribution < 1.29 is 18.5 Å². The van der Waals surface area contributed by atoms with Gasteiger partial charge in [-0.3, -0.25) is 14.0 Å². The first-order valence-electron chi connectivity index (χ1n) is 12.2. The number of ketones is 1. The first-order valence-corrected chi connectivity index (χ1v) is 13.5. The van der Waals surface area contributed by atoms with Crippen molar-refractivity contribution in [3.05, 3.63) is 89.0 Å². The second-order valence-electron chi connectivity index (χ2n) is 9.18. The van der Waals surface area contributed by atoms with Gasteiger partial charge < -0.3 is 14.4 Å². The van der Waals surface area contributed by atoms with Crippen LogP contribution >= 0.6 is 0 Å². The summed E-state index contributed by atoms with van der Waals surface area (Å²) in [5.74, 6) is 1.76. The highest BCUT2D eigenvalue weighted by molar-refractivity contribution is 7.84. The fraction of sp³-hybridized carbons (Fsp3) is 0.310. The molecule has 7 heteroatoms. The Hall–Kier alpha value is -3.45. The average molecular weight is 503 g/mol. The molecule has 6 nitrogen and oxygen atoms in total. The second kappa shape index (κ2) is 10.3. The molecule has 0 saturated heterocycles. The Kier molecular flexibility index (Phi) is 6.92. The van der Waals surface area contributed by atoms with E-state index in [0.717, 1.165) is 41.6 Å². The monoisotopic (exact) mass is 502 g/mol. The van der Waals surface area contributed by atoms with Gasteiger partial charge in [0.15, 0.2) is 5.78 Å². The van der Waals surface area contributed by atoms with E-state index in [2.05, 4.69) is 9.89 Å². The highest BCUT2D eigenvalue weighted by Gasteiger charge is 2.37. The molecule has 1 aliphatic carbocycles. The molecule has 0 spiro atoms. The minimum absolute atomic E-state index is 0.136. The van der Waals surface area contributed by atoms with Crippen molar-refractivity contribution in [3.8, 4) is 11.5 Å². The molecule has 5 rings (SSSR count). The molecule has 0 bridgehead atoms. The van der Waals surface area contributed by atoms with Crippen LogP contribution in [0.15, 0.2) is 76.6 Å². The maximum atomic E-state index is 13.5. The SMILES string of the molecule is COc1ccc(S(=O)Cc2c(O[C@@](C)(c3ccccc3)N3C=NCC3)ccc3c2CCCC3=O)cc1. The molecule has 1 aliphatic heterocycles. The van der Waals surface area contributed by atoms with Gasteiger partial charge in [-0.1, -0.05) is 30.3 Å². The number of aliphatic imine (C=N–C) groups is 1. The molecule has 2 aliphatic rings. The third-order valence-corrected chi connectivity index (χ3v) is 8.32. The van der Waals surface area contributed by atoms with Crippen LogP contribution in [0, 0.1) is 0 Å². The van der Waals surface area contributed by atoms with Crippen LogP contribution in [-0.2, 0) is 28.7 Å². The van der Waals surface area contributed by atoms with Crippen molar-refractivity contribution in [2.45, 2.75) is 42.6 Å². The molecule has 2 atom stereocenters. The number of ether oxygens (including phenoxy) is 2. The molecule has 0 saturated carbocycles. The highest BCUT2D eigenvalue weighted by atomic mass is 32.2. The van der Waals surface area contributed by atoms with E-state index < -0.39 is 16.5 Å². The third kappa shape index (κ3) is 4.67. The van der Waals surface area contributed by atoms with Crippen LogP contribution in [-0.4, -0.2) is 41.4 Å². The highest BCUT2D eigenvalue weighted by Crippen LogP contribution is 2.38. The summed E-state index contributed by atoms with van der Waals surface area (Å²) in [7, 11) is 0.283. The zero-order chi connectivity index (χ0) is 25.1. The van der Waals surface area contributed by atoms with E-state index in [1.807, 2.05) is 80.0 Å². The van der Waals surface area contributed by atoms with Gasteiger partial charge in [-0.2, -0.15) is 0 Å². The van der Waals surface area contributed by atoms with Gasteiger partial charge in [-0.15, -0.1) is 0 Å². The maximum Gasteiger partial charge on any atom is 0.207 e. The number of hydrogen-bond donors (Lipinski definition) is 0. The number of fused-ring (bicyclic) bond motifs is 1. The van der Waals surface area contributed by atoms with Gasteiger partial charge in [0.2, 0.25) is 5.72 Å². The predicted octanol–water partition coefficient (Wildman–Crippen LogP) is 5.12. The number of benzene rings is 3. The second-order valence-corrected chi connectivity index (χ2v) is 10.6. The van der Waals surface area contributed by atoms with Crippen molar-refractivity contribution in [2.24, 2.45) is 4.99 Å². The van der Waals surface area contributed by atoms with E-state index in [4.69, 9.17) is 9.47 Å². The standard InChI is InChI=1S/C29H30N2O4S/c1-29(31-18-17-30-20-31,21-7-4-3-5-8-21)35-28-16-15-25-24(9-6-10-27(25)32)26(28)19-36(33)23-13-11-22(34-2)12-14-23/h3-5,7-8,11-16,20H,6,9-10,17-19H2,1-2H3/t29-,36?/m0/s1. The first-order chi connectivity index (χ1) is 17.5. The number of rotatable bonds is 8. The summed E-state index contributed by atoms with van der Waals surface area (Å²) in [5, 5.41) is 0. The van der Waals surface area contributed by atoms with Gasteiger partial charge in [0.05, 0.1) is 36.5 Å². The predicted molar refractivity (Wildman–Crippen MR) is 141 cm³/mol. The van der Waals surface area contributed by atoms with Gasteiger partial charge in [0.25, 0.3) is 0 Å². The van der Waals surface area contributed by atoms with Crippen LogP contribution in [0.5, 0.6) is 11.5 Å². The smallest absolute Gasteiger partial charge is 0.207 e. The average Bonchev–Trinajstić information content (AvgIpc) is 3.47. The maximum absolute atomic E-state index is 13.5. The van der Waals surface area contributed by atoms with Crippen molar-refractivity contribution in [1.82, 2.24) is 4.90 Å². The first kappa shape index (κ1) is 24.3. The Morgan fingerprint density at radius 3 is 2.50 bits per heavy atom. The summed E-state index contributed by atoms with van der Waals surface area (Å²) in [5.41, 5.74) is 2.70. The summed E-state index contributed by atoms with van der Waals surface area (Å²) in [6, 6.07) is 21.1. The summed E-state index contributed by atoms with van der Waals surface area (Å²) in [6.45, 7) is 3.48. The molecule has 3 aromatic carbocycles. The minimum atomic E-state index is -1.33. The number of hydrogen-bond acceptors (Lipinski definition) is 6. The van der Waals surface area contributed by atoms with Gasteiger partial charge in [-0.05, 0) is 61.7 Å². The van der Waals surface area contributed by atoms with Crippen LogP contribution < -0.4 is 9.47 Å². The van der Waals surface area contributed by atoms with E-state index in [1.165, 1.54) is 0 Å². The van der Waals surface area contributed by atoms with Crippen molar-refractivity contribution >= 4 is 22.9 Å². The van der Waals surface area contributed by atoms with Crippen LogP contribution in [0.1, 0.15) is 46.8 Å². The Morgan fingerprint density at radius 1 is 1.03 bits per heavy atom. The van der Waals surface area contributed by atoms with Crippen molar-refractivity contribution in [2.75, 3.05) is 20.2 Å². The Balaban J connectivity index is 1.57. The van der Waals surface area contributed by atoms with Gasteiger partial charge >= 0.3 is 0 Å². The molecule has 1 unspecified atom stereocenters. The minimum Gasteiger partial charge on any atom is -0.497 e. The zero-order valence-electron chi connectivity index (χ0n) is 20.6. The molecule has 3 aromatic rings. The summed E-state index contributed by atoms with van der Waals surface area (Å²) >= 11 is 0. The molecule has 0 fully saturated rings. The summed E-state index contributed by atoms with van der Waals surface area (Å²) < 4.78 is 25.6. The van der Waals surface area contributed by atoms with Crippen LogP contribution in [0.4, 0.5) is 0 Å². The van der Waals surface area contributed by atoms with Gasteiger partial charge in [-0.25, -0.2) is 0 Å². The Labute approximate surface area is 214 Å².